The fraction of sp³-hybridized carbons (Fsp3) is 0.929. The smallest absolute Gasteiger partial charge is 0.227 e. The Morgan fingerprint density at radius 2 is 1.88 bits per heavy atom. The molecule has 2 rings (SSSR count). The Labute approximate surface area is 105 Å². The minimum absolute atomic E-state index is 0.219. The minimum atomic E-state index is -0.243. The van der Waals surface area contributed by atoms with Gasteiger partial charge in [-0.2, -0.15) is 0 Å². The summed E-state index contributed by atoms with van der Waals surface area (Å²) < 4.78 is 0. The van der Waals surface area contributed by atoms with E-state index in [-0.39, 0.29) is 11.3 Å². The molecule has 0 aliphatic heterocycles. The minimum Gasteiger partial charge on any atom is -0.353 e. The van der Waals surface area contributed by atoms with E-state index in [4.69, 9.17) is 5.73 Å². The average Bonchev–Trinajstić information content (AvgIpc) is 3.01. The summed E-state index contributed by atoms with van der Waals surface area (Å²) in [5, 5.41) is 3.24. The van der Waals surface area contributed by atoms with Gasteiger partial charge in [-0.25, -0.2) is 0 Å². The molecule has 2 aliphatic rings. The summed E-state index contributed by atoms with van der Waals surface area (Å²) in [4.78, 5) is 12.4. The summed E-state index contributed by atoms with van der Waals surface area (Å²) in [5.41, 5.74) is 5.59. The molecule has 0 aromatic heterocycles. The molecule has 0 saturated heterocycles. The molecular weight excluding hydrogens is 212 g/mol. The first-order valence-electron chi connectivity index (χ1n) is 7.19. The van der Waals surface area contributed by atoms with Crippen LogP contribution in [0.15, 0.2) is 0 Å². The molecule has 3 N–H and O–H groups in total. The molecule has 3 nitrogen and oxygen atoms in total. The van der Waals surface area contributed by atoms with Crippen LogP contribution in [0, 0.1) is 11.3 Å². The van der Waals surface area contributed by atoms with Crippen LogP contribution < -0.4 is 11.1 Å². The SMILES string of the molecule is C[C@@H](NC(=O)C1(CN)CCCC1)C1CCCC1. The van der Waals surface area contributed by atoms with Crippen molar-refractivity contribution >= 4 is 5.91 Å². The summed E-state index contributed by atoms with van der Waals surface area (Å²) in [6, 6.07) is 0.328. The summed E-state index contributed by atoms with van der Waals surface area (Å²) in [5.74, 6) is 0.909. The Balaban J connectivity index is 1.90. The molecule has 0 aromatic rings. The molecule has 0 aromatic carbocycles. The Bertz CT molecular complexity index is 265. The summed E-state index contributed by atoms with van der Waals surface area (Å²) in [6.07, 6.45) is 9.47. The lowest BCUT2D eigenvalue weighted by molar-refractivity contribution is -0.131. The van der Waals surface area contributed by atoms with Crippen molar-refractivity contribution < 1.29 is 4.79 Å². The number of nitrogens with two attached hydrogens (primary N) is 1. The van der Waals surface area contributed by atoms with Crippen molar-refractivity contribution in [3.63, 3.8) is 0 Å². The van der Waals surface area contributed by atoms with Gasteiger partial charge >= 0.3 is 0 Å². The molecule has 0 bridgehead atoms. The van der Waals surface area contributed by atoms with Crippen molar-refractivity contribution in [3.05, 3.63) is 0 Å². The van der Waals surface area contributed by atoms with E-state index in [0.717, 1.165) is 25.7 Å². The van der Waals surface area contributed by atoms with E-state index in [9.17, 15) is 4.79 Å². The fourth-order valence-electron chi connectivity index (χ4n) is 3.51. The van der Waals surface area contributed by atoms with Gasteiger partial charge in [-0.15, -0.1) is 0 Å². The molecule has 0 heterocycles. The third-order valence-electron chi connectivity index (χ3n) is 4.90. The number of hydrogen-bond acceptors (Lipinski definition) is 2. The number of amides is 1. The second kappa shape index (κ2) is 5.38. The molecule has 0 spiro atoms. The van der Waals surface area contributed by atoms with Gasteiger partial charge in [-0.1, -0.05) is 25.7 Å². The number of hydrogen-bond donors (Lipinski definition) is 2. The van der Waals surface area contributed by atoms with Crippen LogP contribution in [0.5, 0.6) is 0 Å². The van der Waals surface area contributed by atoms with Gasteiger partial charge in [0.25, 0.3) is 0 Å². The molecule has 2 aliphatic carbocycles. The lowest BCUT2D eigenvalue weighted by atomic mass is 9.84. The first-order chi connectivity index (χ1) is 8.18. The zero-order valence-corrected chi connectivity index (χ0v) is 11.0. The van der Waals surface area contributed by atoms with Crippen LogP contribution in [-0.4, -0.2) is 18.5 Å². The predicted molar refractivity (Wildman–Crippen MR) is 69.5 cm³/mol. The highest BCUT2D eigenvalue weighted by molar-refractivity contribution is 5.83. The van der Waals surface area contributed by atoms with Crippen LogP contribution in [0.25, 0.3) is 0 Å². The predicted octanol–water partition coefficient (Wildman–Crippen LogP) is 2.20. The molecule has 0 radical (unpaired) electrons. The fourth-order valence-corrected chi connectivity index (χ4v) is 3.51. The number of nitrogens with one attached hydrogen (secondary N) is 1. The third kappa shape index (κ3) is 2.65. The van der Waals surface area contributed by atoms with Crippen LogP contribution in [0.4, 0.5) is 0 Å². The van der Waals surface area contributed by atoms with Crippen LogP contribution in [0.2, 0.25) is 0 Å². The molecule has 1 amide bonds. The van der Waals surface area contributed by atoms with Gasteiger partial charge in [-0.05, 0) is 38.5 Å². The Kier molecular flexibility index (Phi) is 4.08. The molecular formula is C14H26N2O. The van der Waals surface area contributed by atoms with E-state index in [1.165, 1.54) is 25.7 Å². The molecule has 0 unspecified atom stereocenters. The van der Waals surface area contributed by atoms with Crippen molar-refractivity contribution in [2.24, 2.45) is 17.1 Å². The van der Waals surface area contributed by atoms with Gasteiger partial charge in [-0.3, -0.25) is 4.79 Å². The zero-order valence-electron chi connectivity index (χ0n) is 11.0. The van der Waals surface area contributed by atoms with Crippen molar-refractivity contribution in [3.8, 4) is 0 Å². The standard InChI is InChI=1S/C14H26N2O/c1-11(12-6-2-3-7-12)16-13(17)14(10-15)8-4-5-9-14/h11-12H,2-10,15H2,1H3,(H,16,17)/t11-/m1/s1. The molecule has 2 saturated carbocycles. The van der Waals surface area contributed by atoms with Crippen LogP contribution >= 0.6 is 0 Å². The van der Waals surface area contributed by atoms with E-state index < -0.39 is 0 Å². The van der Waals surface area contributed by atoms with E-state index in [2.05, 4.69) is 12.2 Å². The highest BCUT2D eigenvalue weighted by Crippen LogP contribution is 2.38. The highest BCUT2D eigenvalue weighted by atomic mass is 16.2. The maximum Gasteiger partial charge on any atom is 0.227 e. The lowest BCUT2D eigenvalue weighted by Gasteiger charge is -2.29. The first-order valence-corrected chi connectivity index (χ1v) is 7.19. The molecule has 17 heavy (non-hydrogen) atoms. The lowest BCUT2D eigenvalue weighted by Crippen LogP contribution is -2.48. The third-order valence-corrected chi connectivity index (χ3v) is 4.90. The molecule has 2 fully saturated rings. The monoisotopic (exact) mass is 238 g/mol. The van der Waals surface area contributed by atoms with Gasteiger partial charge in [0.1, 0.15) is 0 Å². The average molecular weight is 238 g/mol. The molecule has 98 valence electrons. The quantitative estimate of drug-likeness (QED) is 0.789. The van der Waals surface area contributed by atoms with Gasteiger partial charge in [0.15, 0.2) is 0 Å². The summed E-state index contributed by atoms with van der Waals surface area (Å²) >= 11 is 0. The molecule has 1 atom stereocenters. The number of rotatable bonds is 4. The van der Waals surface area contributed by atoms with Gasteiger partial charge in [0, 0.05) is 12.6 Å². The van der Waals surface area contributed by atoms with E-state index in [0.29, 0.717) is 18.5 Å². The Morgan fingerprint density at radius 1 is 1.29 bits per heavy atom. The molecule has 3 heteroatoms. The maximum atomic E-state index is 12.4. The van der Waals surface area contributed by atoms with Gasteiger partial charge in [0.05, 0.1) is 5.41 Å². The maximum absolute atomic E-state index is 12.4. The zero-order chi connectivity index (χ0) is 12.3. The van der Waals surface area contributed by atoms with E-state index in [1.54, 1.807) is 0 Å². The second-order valence-electron chi connectivity index (χ2n) is 6.00. The van der Waals surface area contributed by atoms with Crippen LogP contribution in [0.3, 0.4) is 0 Å². The second-order valence-corrected chi connectivity index (χ2v) is 6.00. The number of carbonyl (C=O) groups is 1. The van der Waals surface area contributed by atoms with Crippen molar-refractivity contribution in [1.29, 1.82) is 0 Å². The van der Waals surface area contributed by atoms with Crippen molar-refractivity contribution in [1.82, 2.24) is 5.32 Å². The largest absolute Gasteiger partial charge is 0.353 e. The van der Waals surface area contributed by atoms with Gasteiger partial charge < -0.3 is 11.1 Å². The van der Waals surface area contributed by atoms with E-state index in [1.807, 2.05) is 0 Å². The number of carbonyl (C=O) groups excluding carboxylic acids is 1. The van der Waals surface area contributed by atoms with Crippen molar-refractivity contribution in [2.75, 3.05) is 6.54 Å². The van der Waals surface area contributed by atoms with Crippen LogP contribution in [0.1, 0.15) is 58.3 Å². The first kappa shape index (κ1) is 12.9. The van der Waals surface area contributed by atoms with Crippen LogP contribution in [-0.2, 0) is 4.79 Å². The summed E-state index contributed by atoms with van der Waals surface area (Å²) in [6.45, 7) is 2.67. The van der Waals surface area contributed by atoms with E-state index >= 15 is 0 Å². The topological polar surface area (TPSA) is 55.1 Å². The highest BCUT2D eigenvalue weighted by Gasteiger charge is 2.40. The Hall–Kier alpha value is -0.570. The van der Waals surface area contributed by atoms with Gasteiger partial charge in [0.2, 0.25) is 5.91 Å². The van der Waals surface area contributed by atoms with Crippen molar-refractivity contribution in [2.45, 2.75) is 64.3 Å². The normalized spacial score (nSPS) is 26.0. The summed E-state index contributed by atoms with van der Waals surface area (Å²) in [7, 11) is 0. The Morgan fingerprint density at radius 3 is 2.41 bits per heavy atom.